The SMILES string of the molecule is COc1cc(OCc2ccccc2)cc(-n2cc(C)nc2-c2cccnc2C)c1[N+](=O)[O-]. The van der Waals surface area contributed by atoms with Crippen LogP contribution in [0.1, 0.15) is 17.0 Å². The van der Waals surface area contributed by atoms with Gasteiger partial charge in [0, 0.05) is 35.8 Å². The first kappa shape index (κ1) is 21.0. The lowest BCUT2D eigenvalue weighted by Crippen LogP contribution is -2.06. The fourth-order valence-electron chi connectivity index (χ4n) is 3.51. The fraction of sp³-hybridized carbons (Fsp3) is 0.167. The number of hydrogen-bond donors (Lipinski definition) is 0. The summed E-state index contributed by atoms with van der Waals surface area (Å²) in [6.07, 6.45) is 3.45. The minimum Gasteiger partial charge on any atom is -0.490 e. The molecule has 0 radical (unpaired) electrons. The van der Waals surface area contributed by atoms with Crippen molar-refractivity contribution in [3.8, 4) is 28.6 Å². The molecule has 0 aliphatic carbocycles. The molecular weight excluding hydrogens is 408 g/mol. The lowest BCUT2D eigenvalue weighted by atomic mass is 10.1. The summed E-state index contributed by atoms with van der Waals surface area (Å²) < 4.78 is 13.0. The number of rotatable bonds is 7. The van der Waals surface area contributed by atoms with Crippen LogP contribution in [0, 0.1) is 24.0 Å². The highest BCUT2D eigenvalue weighted by Crippen LogP contribution is 2.40. The van der Waals surface area contributed by atoms with Crippen LogP contribution in [0.2, 0.25) is 0 Å². The number of aryl methyl sites for hydroxylation is 2. The zero-order chi connectivity index (χ0) is 22.7. The molecule has 0 saturated heterocycles. The van der Waals surface area contributed by atoms with E-state index in [1.165, 1.54) is 13.2 Å². The highest BCUT2D eigenvalue weighted by Gasteiger charge is 2.27. The molecule has 8 nitrogen and oxygen atoms in total. The summed E-state index contributed by atoms with van der Waals surface area (Å²) in [6.45, 7) is 4.03. The van der Waals surface area contributed by atoms with E-state index in [9.17, 15) is 10.1 Å². The molecule has 0 saturated carbocycles. The molecule has 0 bridgehead atoms. The maximum absolute atomic E-state index is 12.0. The Hall–Kier alpha value is -4.20. The summed E-state index contributed by atoms with van der Waals surface area (Å²) >= 11 is 0. The Kier molecular flexibility index (Phi) is 5.85. The summed E-state index contributed by atoms with van der Waals surface area (Å²) in [5, 5.41) is 12.0. The average molecular weight is 430 g/mol. The zero-order valence-corrected chi connectivity index (χ0v) is 18.0. The summed E-state index contributed by atoms with van der Waals surface area (Å²) in [4.78, 5) is 20.5. The van der Waals surface area contributed by atoms with Crippen molar-refractivity contribution in [3.05, 3.63) is 94.1 Å². The number of nitro benzene ring substituents is 1. The first-order chi connectivity index (χ1) is 15.5. The maximum Gasteiger partial charge on any atom is 0.334 e. The molecule has 2 heterocycles. The number of benzene rings is 2. The molecule has 0 aliphatic heterocycles. The predicted molar refractivity (Wildman–Crippen MR) is 120 cm³/mol. The minimum absolute atomic E-state index is 0.107. The Morgan fingerprint density at radius 1 is 1.09 bits per heavy atom. The van der Waals surface area contributed by atoms with E-state index in [2.05, 4.69) is 9.97 Å². The highest BCUT2D eigenvalue weighted by molar-refractivity contribution is 5.70. The third-order valence-corrected chi connectivity index (χ3v) is 5.01. The van der Waals surface area contributed by atoms with Gasteiger partial charge >= 0.3 is 5.69 Å². The third-order valence-electron chi connectivity index (χ3n) is 5.01. The van der Waals surface area contributed by atoms with Gasteiger partial charge < -0.3 is 9.47 Å². The smallest absolute Gasteiger partial charge is 0.334 e. The molecule has 0 unspecified atom stereocenters. The molecule has 4 rings (SSSR count). The second-order valence-corrected chi connectivity index (χ2v) is 7.24. The molecule has 32 heavy (non-hydrogen) atoms. The van der Waals surface area contributed by atoms with Gasteiger partial charge in [0.1, 0.15) is 23.9 Å². The molecule has 2 aromatic heterocycles. The van der Waals surface area contributed by atoms with Gasteiger partial charge in [0.2, 0.25) is 5.75 Å². The van der Waals surface area contributed by atoms with Crippen LogP contribution in [0.3, 0.4) is 0 Å². The van der Waals surface area contributed by atoms with E-state index in [0.717, 1.165) is 16.8 Å². The summed E-state index contributed by atoms with van der Waals surface area (Å²) in [5.74, 6) is 1.11. The van der Waals surface area contributed by atoms with Gasteiger partial charge in [-0.15, -0.1) is 0 Å². The van der Waals surface area contributed by atoms with Crippen LogP contribution in [-0.4, -0.2) is 26.6 Å². The molecule has 0 atom stereocenters. The number of nitrogens with zero attached hydrogens (tertiary/aromatic N) is 4. The van der Waals surface area contributed by atoms with Gasteiger partial charge in [-0.05, 0) is 31.5 Å². The molecule has 8 heteroatoms. The van der Waals surface area contributed by atoms with Gasteiger partial charge in [-0.25, -0.2) is 4.98 Å². The van der Waals surface area contributed by atoms with Crippen LogP contribution in [0.25, 0.3) is 17.1 Å². The van der Waals surface area contributed by atoms with Crippen molar-refractivity contribution < 1.29 is 14.4 Å². The lowest BCUT2D eigenvalue weighted by Gasteiger charge is -2.14. The number of pyridine rings is 1. The molecule has 0 aliphatic rings. The normalized spacial score (nSPS) is 10.7. The van der Waals surface area contributed by atoms with E-state index in [-0.39, 0.29) is 11.4 Å². The highest BCUT2D eigenvalue weighted by atomic mass is 16.6. The van der Waals surface area contributed by atoms with E-state index < -0.39 is 4.92 Å². The molecule has 162 valence electrons. The largest absolute Gasteiger partial charge is 0.490 e. The standard InChI is InChI=1S/C24H22N4O4/c1-16-14-27(24(26-16)20-10-7-11-25-17(20)2)21-12-19(13-22(31-3)23(21)28(29)30)32-15-18-8-5-4-6-9-18/h4-14H,15H2,1-3H3. The maximum atomic E-state index is 12.0. The second kappa shape index (κ2) is 8.89. The van der Waals surface area contributed by atoms with Crippen molar-refractivity contribution in [2.45, 2.75) is 20.5 Å². The van der Waals surface area contributed by atoms with Crippen LogP contribution in [-0.2, 0) is 6.61 Å². The van der Waals surface area contributed by atoms with Gasteiger partial charge in [0.25, 0.3) is 0 Å². The second-order valence-electron chi connectivity index (χ2n) is 7.24. The van der Waals surface area contributed by atoms with Crippen molar-refractivity contribution in [2.75, 3.05) is 7.11 Å². The van der Waals surface area contributed by atoms with Crippen LogP contribution >= 0.6 is 0 Å². The van der Waals surface area contributed by atoms with E-state index in [4.69, 9.17) is 9.47 Å². The Bertz CT molecular complexity index is 1270. The van der Waals surface area contributed by atoms with Crippen LogP contribution in [0.4, 0.5) is 5.69 Å². The van der Waals surface area contributed by atoms with Gasteiger partial charge in [0.05, 0.1) is 17.7 Å². The number of aromatic nitrogens is 3. The first-order valence-corrected chi connectivity index (χ1v) is 9.99. The average Bonchev–Trinajstić information content (AvgIpc) is 3.19. The van der Waals surface area contributed by atoms with Crippen molar-refractivity contribution in [1.29, 1.82) is 0 Å². The van der Waals surface area contributed by atoms with Gasteiger partial charge in [-0.1, -0.05) is 30.3 Å². The first-order valence-electron chi connectivity index (χ1n) is 9.99. The van der Waals surface area contributed by atoms with Crippen LogP contribution < -0.4 is 9.47 Å². The number of nitro groups is 1. The number of ether oxygens (including phenoxy) is 2. The van der Waals surface area contributed by atoms with Crippen LogP contribution in [0.5, 0.6) is 11.5 Å². The van der Waals surface area contributed by atoms with E-state index in [1.807, 2.05) is 56.3 Å². The number of hydrogen-bond acceptors (Lipinski definition) is 6. The molecule has 0 spiro atoms. The Balaban J connectivity index is 1.86. The van der Waals surface area contributed by atoms with Crippen molar-refractivity contribution in [3.63, 3.8) is 0 Å². The Morgan fingerprint density at radius 3 is 2.56 bits per heavy atom. The number of imidazole rings is 1. The van der Waals surface area contributed by atoms with Gasteiger partial charge in [-0.2, -0.15) is 0 Å². The summed E-state index contributed by atoms with van der Waals surface area (Å²) in [5.41, 5.74) is 3.38. The number of methoxy groups -OCH3 is 1. The zero-order valence-electron chi connectivity index (χ0n) is 18.0. The van der Waals surface area contributed by atoms with E-state index in [0.29, 0.717) is 29.6 Å². The topological polar surface area (TPSA) is 92.3 Å². The van der Waals surface area contributed by atoms with Crippen LogP contribution in [0.15, 0.2) is 67.0 Å². The molecule has 2 aromatic carbocycles. The molecule has 0 amide bonds. The molecule has 0 fully saturated rings. The molecule has 4 aromatic rings. The van der Waals surface area contributed by atoms with Gasteiger partial charge in [-0.3, -0.25) is 19.7 Å². The van der Waals surface area contributed by atoms with Crippen molar-refractivity contribution >= 4 is 5.69 Å². The van der Waals surface area contributed by atoms with E-state index >= 15 is 0 Å². The fourth-order valence-corrected chi connectivity index (χ4v) is 3.51. The molecule has 0 N–H and O–H groups in total. The Labute approximate surface area is 185 Å². The van der Waals surface area contributed by atoms with Crippen molar-refractivity contribution in [1.82, 2.24) is 14.5 Å². The Morgan fingerprint density at radius 2 is 1.88 bits per heavy atom. The predicted octanol–water partition coefficient (Wildman–Crippen LogP) is 5.05. The van der Waals surface area contributed by atoms with E-state index in [1.54, 1.807) is 23.0 Å². The van der Waals surface area contributed by atoms with Gasteiger partial charge in [0.15, 0.2) is 0 Å². The summed E-state index contributed by atoms with van der Waals surface area (Å²) in [7, 11) is 1.40. The lowest BCUT2D eigenvalue weighted by molar-refractivity contribution is -0.385. The monoisotopic (exact) mass is 430 g/mol. The molecular formula is C24H22N4O4. The third kappa shape index (κ3) is 4.15. The quantitative estimate of drug-likeness (QED) is 0.301. The van der Waals surface area contributed by atoms with Crippen molar-refractivity contribution in [2.24, 2.45) is 0 Å². The summed E-state index contributed by atoms with van der Waals surface area (Å²) in [6, 6.07) is 16.6. The minimum atomic E-state index is -0.454.